The minimum atomic E-state index is -0.0104. The number of nitrogens with zero attached hydrogens (tertiary/aromatic N) is 1. The molecule has 3 aliphatic rings. The van der Waals surface area contributed by atoms with Crippen molar-refractivity contribution in [1.82, 2.24) is 10.2 Å². The number of carbonyl (C=O) groups is 1. The van der Waals surface area contributed by atoms with Gasteiger partial charge in [0.1, 0.15) is 0 Å². The first kappa shape index (κ1) is 13.7. The van der Waals surface area contributed by atoms with Crippen LogP contribution < -0.4 is 5.32 Å². The average molecular weight is 291 g/mol. The quantitative estimate of drug-likeness (QED) is 0.868. The van der Waals surface area contributed by atoms with Gasteiger partial charge in [0.15, 0.2) is 0 Å². The highest BCUT2D eigenvalue weighted by Crippen LogP contribution is 2.27. The number of hydrogen-bond donors (Lipinski definition) is 1. The number of rotatable bonds is 3. The fraction of sp³-hybridized carbons (Fsp3) is 0.438. The van der Waals surface area contributed by atoms with Gasteiger partial charge in [-0.15, -0.1) is 0 Å². The van der Waals surface area contributed by atoms with Crippen LogP contribution in [0.4, 0.5) is 0 Å². The Bertz CT molecular complexity index is 521. The van der Waals surface area contributed by atoms with Crippen molar-refractivity contribution in [3.05, 3.63) is 40.9 Å². The largest absolute Gasteiger partial charge is 0.348 e. The minimum absolute atomic E-state index is 0.0104. The van der Waals surface area contributed by atoms with Gasteiger partial charge >= 0.3 is 0 Å². The van der Waals surface area contributed by atoms with E-state index in [1.165, 1.54) is 25.9 Å². The molecule has 1 N–H and O–H groups in total. The molecule has 0 saturated carbocycles. The van der Waals surface area contributed by atoms with E-state index in [-0.39, 0.29) is 5.91 Å². The van der Waals surface area contributed by atoms with Gasteiger partial charge in [0.25, 0.3) is 0 Å². The Labute approximate surface area is 124 Å². The molecule has 1 aromatic rings. The molecule has 0 aliphatic carbocycles. The molecule has 20 heavy (non-hydrogen) atoms. The highest BCUT2D eigenvalue weighted by atomic mass is 35.5. The molecule has 1 unspecified atom stereocenters. The minimum Gasteiger partial charge on any atom is -0.348 e. The maximum atomic E-state index is 12.0. The number of piperidine rings is 3. The molecule has 1 amide bonds. The summed E-state index contributed by atoms with van der Waals surface area (Å²) in [5.74, 6) is 0.646. The van der Waals surface area contributed by atoms with Crippen molar-refractivity contribution in [3.8, 4) is 0 Å². The van der Waals surface area contributed by atoms with Crippen molar-refractivity contribution in [3.63, 3.8) is 0 Å². The smallest absolute Gasteiger partial charge is 0.244 e. The number of nitrogens with one attached hydrogen (secondary N) is 1. The first-order valence-corrected chi connectivity index (χ1v) is 7.55. The zero-order valence-electron chi connectivity index (χ0n) is 11.4. The molecule has 3 saturated heterocycles. The highest BCUT2D eigenvalue weighted by molar-refractivity contribution is 6.30. The molecule has 3 heterocycles. The first-order valence-electron chi connectivity index (χ1n) is 7.17. The SMILES string of the molecule is O=C(/C=C/c1cccc(Cl)c1)NC1CN2CCC1CC2. The van der Waals surface area contributed by atoms with Gasteiger partial charge in [-0.1, -0.05) is 23.7 Å². The van der Waals surface area contributed by atoms with Gasteiger partial charge in [0.05, 0.1) is 0 Å². The molecule has 0 spiro atoms. The van der Waals surface area contributed by atoms with Crippen LogP contribution in [0.3, 0.4) is 0 Å². The zero-order chi connectivity index (χ0) is 13.9. The van der Waals surface area contributed by atoms with Crippen LogP contribution in [0.25, 0.3) is 6.08 Å². The van der Waals surface area contributed by atoms with Crippen LogP contribution in [0.15, 0.2) is 30.3 Å². The number of carbonyl (C=O) groups excluding carboxylic acids is 1. The van der Waals surface area contributed by atoms with E-state index in [9.17, 15) is 4.79 Å². The molecule has 0 aromatic heterocycles. The predicted molar refractivity (Wildman–Crippen MR) is 81.6 cm³/mol. The summed E-state index contributed by atoms with van der Waals surface area (Å²) in [6.45, 7) is 3.38. The molecule has 4 heteroatoms. The zero-order valence-corrected chi connectivity index (χ0v) is 12.1. The molecule has 3 aliphatic heterocycles. The van der Waals surface area contributed by atoms with Crippen molar-refractivity contribution < 1.29 is 4.79 Å². The molecule has 2 bridgehead atoms. The normalized spacial score (nSPS) is 28.8. The van der Waals surface area contributed by atoms with Crippen LogP contribution in [0.1, 0.15) is 18.4 Å². The van der Waals surface area contributed by atoms with E-state index < -0.39 is 0 Å². The summed E-state index contributed by atoms with van der Waals surface area (Å²) in [5.41, 5.74) is 0.946. The molecule has 3 nitrogen and oxygen atoms in total. The molecule has 106 valence electrons. The second-order valence-electron chi connectivity index (χ2n) is 5.64. The van der Waals surface area contributed by atoms with Crippen molar-refractivity contribution in [2.45, 2.75) is 18.9 Å². The van der Waals surface area contributed by atoms with Crippen LogP contribution in [-0.4, -0.2) is 36.5 Å². The maximum absolute atomic E-state index is 12.0. The van der Waals surface area contributed by atoms with Gasteiger partial charge in [-0.3, -0.25) is 4.79 Å². The Morgan fingerprint density at radius 2 is 2.15 bits per heavy atom. The lowest BCUT2D eigenvalue weighted by atomic mass is 9.84. The standard InChI is InChI=1S/C16H19ClN2O/c17-14-3-1-2-12(10-14)4-5-16(20)18-15-11-19-8-6-13(15)7-9-19/h1-5,10,13,15H,6-9,11H2,(H,18,20)/b5-4+. The molecule has 1 aromatic carbocycles. The van der Waals surface area contributed by atoms with E-state index in [4.69, 9.17) is 11.6 Å². The Morgan fingerprint density at radius 3 is 2.80 bits per heavy atom. The van der Waals surface area contributed by atoms with Crippen LogP contribution >= 0.6 is 11.6 Å². The summed E-state index contributed by atoms with van der Waals surface area (Å²) in [6, 6.07) is 7.80. The van der Waals surface area contributed by atoms with E-state index in [0.29, 0.717) is 17.0 Å². The monoisotopic (exact) mass is 290 g/mol. The number of benzene rings is 1. The summed E-state index contributed by atoms with van der Waals surface area (Å²) in [4.78, 5) is 14.4. The predicted octanol–water partition coefficient (Wildman–Crippen LogP) is 2.56. The number of fused-ring (bicyclic) bond motifs is 3. The second-order valence-corrected chi connectivity index (χ2v) is 6.08. The van der Waals surface area contributed by atoms with Gasteiger partial charge in [0, 0.05) is 23.7 Å². The van der Waals surface area contributed by atoms with E-state index in [1.807, 2.05) is 30.3 Å². The van der Waals surface area contributed by atoms with Crippen LogP contribution in [0, 0.1) is 5.92 Å². The van der Waals surface area contributed by atoms with E-state index >= 15 is 0 Å². The van der Waals surface area contributed by atoms with Gasteiger partial charge in [-0.25, -0.2) is 0 Å². The number of hydrogen-bond acceptors (Lipinski definition) is 2. The number of halogens is 1. The van der Waals surface area contributed by atoms with Crippen molar-refractivity contribution in [1.29, 1.82) is 0 Å². The fourth-order valence-electron chi connectivity index (χ4n) is 3.14. The molecule has 1 atom stereocenters. The van der Waals surface area contributed by atoms with Crippen LogP contribution in [-0.2, 0) is 4.79 Å². The summed E-state index contributed by atoms with van der Waals surface area (Å²) in [5, 5.41) is 3.82. The van der Waals surface area contributed by atoms with Crippen LogP contribution in [0.2, 0.25) is 5.02 Å². The lowest BCUT2D eigenvalue weighted by Gasteiger charge is -2.44. The lowest BCUT2D eigenvalue weighted by Crippen LogP contribution is -2.57. The first-order chi connectivity index (χ1) is 9.70. The third-order valence-electron chi connectivity index (χ3n) is 4.26. The fourth-order valence-corrected chi connectivity index (χ4v) is 3.34. The Hall–Kier alpha value is -1.32. The van der Waals surface area contributed by atoms with Gasteiger partial charge in [0.2, 0.25) is 5.91 Å². The molecule has 4 rings (SSSR count). The highest BCUT2D eigenvalue weighted by Gasteiger charge is 2.34. The average Bonchev–Trinajstić information content (AvgIpc) is 2.46. The number of amides is 1. The summed E-state index contributed by atoms with van der Waals surface area (Å²) >= 11 is 5.92. The van der Waals surface area contributed by atoms with Crippen molar-refractivity contribution >= 4 is 23.6 Å². The van der Waals surface area contributed by atoms with E-state index in [0.717, 1.165) is 12.1 Å². The van der Waals surface area contributed by atoms with E-state index in [1.54, 1.807) is 6.08 Å². The topological polar surface area (TPSA) is 32.3 Å². The molecule has 0 radical (unpaired) electrons. The third-order valence-corrected chi connectivity index (χ3v) is 4.49. The van der Waals surface area contributed by atoms with Gasteiger partial charge in [-0.2, -0.15) is 0 Å². The van der Waals surface area contributed by atoms with Crippen molar-refractivity contribution in [2.24, 2.45) is 5.92 Å². The molecule has 3 fully saturated rings. The van der Waals surface area contributed by atoms with Gasteiger partial charge in [-0.05, 0) is 55.6 Å². The molecular weight excluding hydrogens is 272 g/mol. The van der Waals surface area contributed by atoms with Crippen LogP contribution in [0.5, 0.6) is 0 Å². The van der Waals surface area contributed by atoms with Crippen molar-refractivity contribution in [2.75, 3.05) is 19.6 Å². The van der Waals surface area contributed by atoms with E-state index in [2.05, 4.69) is 10.2 Å². The van der Waals surface area contributed by atoms with Gasteiger partial charge < -0.3 is 10.2 Å². The third kappa shape index (κ3) is 3.22. The lowest BCUT2D eigenvalue weighted by molar-refractivity contribution is -0.118. The summed E-state index contributed by atoms with van der Waals surface area (Å²) < 4.78 is 0. The Balaban J connectivity index is 1.57. The second kappa shape index (κ2) is 5.98. The Morgan fingerprint density at radius 1 is 1.35 bits per heavy atom. The maximum Gasteiger partial charge on any atom is 0.244 e. The Kier molecular flexibility index (Phi) is 4.08. The summed E-state index contributed by atoms with van der Waals surface area (Å²) in [7, 11) is 0. The summed E-state index contributed by atoms with van der Waals surface area (Å²) in [6.07, 6.45) is 5.83. The molecular formula is C16H19ClN2O.